The minimum atomic E-state index is -0.456. The molecule has 96 valence electrons. The molecule has 2 unspecified atom stereocenters. The molecule has 0 saturated heterocycles. The highest BCUT2D eigenvalue weighted by Crippen LogP contribution is 2.23. The molecule has 6 nitrogen and oxygen atoms in total. The Hall–Kier alpha value is -1.18. The van der Waals surface area contributed by atoms with Gasteiger partial charge in [-0.3, -0.25) is 4.57 Å². The van der Waals surface area contributed by atoms with E-state index in [4.69, 9.17) is 11.6 Å². The second-order valence-electron chi connectivity index (χ2n) is 3.72. The largest absolute Gasteiger partial charge is 0.392 e. The van der Waals surface area contributed by atoms with Crippen LogP contribution in [0.2, 0.25) is 5.28 Å². The average Bonchev–Trinajstić information content (AvgIpc) is 2.81. The number of aliphatic hydroxyl groups excluding tert-OH is 1. The van der Waals surface area contributed by atoms with Crippen molar-refractivity contribution in [1.29, 1.82) is 0 Å². The molecular formula is C10H12ClN5OS. The summed E-state index contributed by atoms with van der Waals surface area (Å²) in [6.07, 6.45) is 4.47. The number of nitrogens with zero attached hydrogens (tertiary/aromatic N) is 5. The van der Waals surface area contributed by atoms with Crippen molar-refractivity contribution in [2.45, 2.75) is 30.4 Å². The van der Waals surface area contributed by atoms with E-state index in [1.54, 1.807) is 30.2 Å². The van der Waals surface area contributed by atoms with E-state index in [9.17, 15) is 5.11 Å². The number of imidazole rings is 1. The van der Waals surface area contributed by atoms with Crippen LogP contribution < -0.4 is 0 Å². The summed E-state index contributed by atoms with van der Waals surface area (Å²) in [5.74, 6) is 0.410. The second kappa shape index (κ2) is 5.64. The van der Waals surface area contributed by atoms with E-state index in [-0.39, 0.29) is 10.5 Å². The zero-order valence-electron chi connectivity index (χ0n) is 9.86. The lowest BCUT2D eigenvalue weighted by Crippen LogP contribution is -2.16. The number of hydrogen-bond donors (Lipinski definition) is 1. The molecule has 2 heterocycles. The van der Waals surface area contributed by atoms with Crippen molar-refractivity contribution in [3.8, 4) is 5.95 Å². The topological polar surface area (TPSA) is 76.7 Å². The molecule has 0 spiro atoms. The Kier molecular flexibility index (Phi) is 4.15. The fourth-order valence-electron chi connectivity index (χ4n) is 1.13. The molecule has 0 aliphatic rings. The molecule has 0 bridgehead atoms. The Morgan fingerprint density at radius 2 is 2.11 bits per heavy atom. The monoisotopic (exact) mass is 285 g/mol. The van der Waals surface area contributed by atoms with Gasteiger partial charge in [-0.05, 0) is 18.5 Å². The van der Waals surface area contributed by atoms with Crippen molar-refractivity contribution in [2.75, 3.05) is 0 Å². The van der Waals surface area contributed by atoms with Gasteiger partial charge < -0.3 is 5.11 Å². The van der Waals surface area contributed by atoms with Gasteiger partial charge in [0.1, 0.15) is 6.33 Å². The van der Waals surface area contributed by atoms with Crippen molar-refractivity contribution in [2.24, 2.45) is 0 Å². The third kappa shape index (κ3) is 3.18. The number of halogens is 1. The van der Waals surface area contributed by atoms with Gasteiger partial charge in [-0.2, -0.15) is 15.0 Å². The SMILES string of the molecule is CC(O)C(C)Sc1nc(Cl)nc(-n2ccnc2)n1. The first kappa shape index (κ1) is 13.3. The molecular weight excluding hydrogens is 274 g/mol. The second-order valence-corrected chi connectivity index (χ2v) is 5.40. The molecule has 1 N–H and O–H groups in total. The first-order chi connectivity index (χ1) is 8.56. The number of thioether (sulfide) groups is 1. The lowest BCUT2D eigenvalue weighted by Gasteiger charge is -2.12. The molecule has 2 aromatic rings. The molecule has 0 aliphatic carbocycles. The molecule has 0 aromatic carbocycles. The Morgan fingerprint density at radius 3 is 2.72 bits per heavy atom. The van der Waals surface area contributed by atoms with E-state index >= 15 is 0 Å². The minimum absolute atomic E-state index is 0.0286. The predicted molar refractivity (Wildman–Crippen MR) is 69.0 cm³/mol. The third-order valence-electron chi connectivity index (χ3n) is 2.28. The summed E-state index contributed by atoms with van der Waals surface area (Å²) in [4.78, 5) is 16.2. The standard InChI is InChI=1S/C10H12ClN5OS/c1-6(17)7(2)18-10-14-8(11)13-9(15-10)16-4-3-12-5-16/h3-7,17H,1-2H3. The molecule has 8 heteroatoms. The van der Waals surface area contributed by atoms with Crippen molar-refractivity contribution < 1.29 is 5.11 Å². The smallest absolute Gasteiger partial charge is 0.240 e. The summed E-state index contributed by atoms with van der Waals surface area (Å²) < 4.78 is 1.64. The van der Waals surface area contributed by atoms with E-state index in [0.29, 0.717) is 11.1 Å². The highest BCUT2D eigenvalue weighted by molar-refractivity contribution is 7.99. The van der Waals surface area contributed by atoms with Crippen LogP contribution in [0.3, 0.4) is 0 Å². The lowest BCUT2D eigenvalue weighted by atomic mass is 10.3. The third-order valence-corrected chi connectivity index (χ3v) is 3.61. The van der Waals surface area contributed by atoms with E-state index in [0.717, 1.165) is 0 Å². The van der Waals surface area contributed by atoms with E-state index in [1.807, 2.05) is 6.92 Å². The maximum atomic E-state index is 9.46. The molecule has 2 rings (SSSR count). The Bertz CT molecular complexity index is 519. The normalized spacial score (nSPS) is 14.4. The van der Waals surface area contributed by atoms with Gasteiger partial charge in [0, 0.05) is 17.6 Å². The predicted octanol–water partition coefficient (Wildman–Crippen LogP) is 1.57. The number of aromatic nitrogens is 5. The first-order valence-corrected chi connectivity index (χ1v) is 6.56. The van der Waals surface area contributed by atoms with E-state index in [2.05, 4.69) is 19.9 Å². The van der Waals surface area contributed by atoms with Crippen LogP contribution >= 0.6 is 23.4 Å². The summed E-state index contributed by atoms with van der Waals surface area (Å²) in [7, 11) is 0. The van der Waals surface area contributed by atoms with Crippen LogP contribution in [-0.4, -0.2) is 41.0 Å². The molecule has 0 radical (unpaired) electrons. The zero-order chi connectivity index (χ0) is 13.1. The van der Waals surface area contributed by atoms with Crippen molar-refractivity contribution in [3.63, 3.8) is 0 Å². The van der Waals surface area contributed by atoms with Crippen molar-refractivity contribution in [1.82, 2.24) is 24.5 Å². The summed E-state index contributed by atoms with van der Waals surface area (Å²) in [6.45, 7) is 3.61. The quantitative estimate of drug-likeness (QED) is 0.860. The Balaban J connectivity index is 2.27. The van der Waals surface area contributed by atoms with Gasteiger partial charge in [0.15, 0.2) is 5.16 Å². The van der Waals surface area contributed by atoms with Crippen LogP contribution in [0.1, 0.15) is 13.8 Å². The summed E-state index contributed by atoms with van der Waals surface area (Å²) in [5, 5.41) is 10.0. The molecule has 0 saturated carbocycles. The van der Waals surface area contributed by atoms with Crippen LogP contribution in [0.25, 0.3) is 5.95 Å². The minimum Gasteiger partial charge on any atom is -0.392 e. The highest BCUT2D eigenvalue weighted by Gasteiger charge is 2.14. The van der Waals surface area contributed by atoms with Crippen LogP contribution in [0.5, 0.6) is 0 Å². The highest BCUT2D eigenvalue weighted by atomic mass is 35.5. The summed E-state index contributed by atoms with van der Waals surface area (Å²) in [6, 6.07) is 0. The van der Waals surface area contributed by atoms with E-state index < -0.39 is 6.10 Å². The molecule has 2 atom stereocenters. The van der Waals surface area contributed by atoms with E-state index in [1.165, 1.54) is 11.8 Å². The fourth-order valence-corrected chi connectivity index (χ4v) is 2.14. The number of rotatable bonds is 4. The maximum Gasteiger partial charge on any atom is 0.240 e. The molecule has 2 aromatic heterocycles. The van der Waals surface area contributed by atoms with Crippen LogP contribution in [0, 0.1) is 0 Å². The van der Waals surface area contributed by atoms with Gasteiger partial charge in [-0.25, -0.2) is 4.98 Å². The Labute approximate surface area is 113 Å². The molecule has 18 heavy (non-hydrogen) atoms. The Morgan fingerprint density at radius 1 is 1.33 bits per heavy atom. The summed E-state index contributed by atoms with van der Waals surface area (Å²) in [5.41, 5.74) is 0. The molecule has 0 aliphatic heterocycles. The van der Waals surface area contributed by atoms with Gasteiger partial charge in [0.25, 0.3) is 0 Å². The van der Waals surface area contributed by atoms with Gasteiger partial charge >= 0.3 is 0 Å². The summed E-state index contributed by atoms with van der Waals surface area (Å²) >= 11 is 7.21. The molecule has 0 amide bonds. The molecule has 0 fully saturated rings. The lowest BCUT2D eigenvalue weighted by molar-refractivity contribution is 0.196. The van der Waals surface area contributed by atoms with Gasteiger partial charge in [0.05, 0.1) is 6.10 Å². The van der Waals surface area contributed by atoms with Crippen LogP contribution in [0.4, 0.5) is 0 Å². The van der Waals surface area contributed by atoms with Crippen molar-refractivity contribution in [3.05, 3.63) is 24.0 Å². The zero-order valence-corrected chi connectivity index (χ0v) is 11.4. The van der Waals surface area contributed by atoms with Gasteiger partial charge in [-0.15, -0.1) is 0 Å². The van der Waals surface area contributed by atoms with Gasteiger partial charge in [0.2, 0.25) is 11.2 Å². The first-order valence-electron chi connectivity index (χ1n) is 5.31. The van der Waals surface area contributed by atoms with Crippen LogP contribution in [0.15, 0.2) is 23.9 Å². The maximum absolute atomic E-state index is 9.46. The van der Waals surface area contributed by atoms with Crippen LogP contribution in [-0.2, 0) is 0 Å². The fraction of sp³-hybridized carbons (Fsp3) is 0.400. The van der Waals surface area contributed by atoms with Crippen molar-refractivity contribution >= 4 is 23.4 Å². The van der Waals surface area contributed by atoms with Gasteiger partial charge in [-0.1, -0.05) is 18.7 Å². The average molecular weight is 286 g/mol. The number of aliphatic hydroxyl groups is 1. The number of hydrogen-bond acceptors (Lipinski definition) is 6.